The van der Waals surface area contributed by atoms with Crippen LogP contribution in [0.2, 0.25) is 5.02 Å². The lowest BCUT2D eigenvalue weighted by molar-refractivity contribution is 0.610. The lowest BCUT2D eigenvalue weighted by atomic mass is 10.3. The third-order valence-electron chi connectivity index (χ3n) is 2.20. The van der Waals surface area contributed by atoms with Crippen molar-refractivity contribution < 1.29 is 0 Å². The molecule has 0 saturated heterocycles. The Hall–Kier alpha value is -0.800. The van der Waals surface area contributed by atoms with Crippen LogP contribution in [0.5, 0.6) is 0 Å². The van der Waals surface area contributed by atoms with Gasteiger partial charge in [-0.05, 0) is 44.3 Å². The number of benzene rings is 1. The highest BCUT2D eigenvalue weighted by Gasteiger charge is 2.06. The standard InChI is InChI=1S/C10H11ClN2S/c1-6(2)13-9-5-7(11)3-4-8(9)12-10(13)14/h3-6H,1-2H3,(H,12,14). The first-order chi connectivity index (χ1) is 6.59. The number of nitrogens with one attached hydrogen (secondary N) is 1. The highest BCUT2D eigenvalue weighted by atomic mass is 35.5. The van der Waals surface area contributed by atoms with E-state index in [4.69, 9.17) is 23.8 Å². The van der Waals surface area contributed by atoms with Gasteiger partial charge in [0.15, 0.2) is 4.77 Å². The molecular weight excluding hydrogens is 216 g/mol. The maximum absolute atomic E-state index is 5.94. The first-order valence-corrected chi connectivity index (χ1v) is 5.28. The van der Waals surface area contributed by atoms with Crippen molar-refractivity contribution in [3.63, 3.8) is 0 Å². The molecule has 0 aliphatic heterocycles. The smallest absolute Gasteiger partial charge is 0.178 e. The predicted octanol–water partition coefficient (Wildman–Crippen LogP) is 3.93. The second kappa shape index (κ2) is 3.41. The lowest BCUT2D eigenvalue weighted by Gasteiger charge is -2.07. The molecule has 2 rings (SSSR count). The van der Waals surface area contributed by atoms with Gasteiger partial charge in [-0.2, -0.15) is 0 Å². The second-order valence-electron chi connectivity index (χ2n) is 3.56. The van der Waals surface area contributed by atoms with Crippen LogP contribution in [0, 0.1) is 4.77 Å². The van der Waals surface area contributed by atoms with E-state index in [1.165, 1.54) is 0 Å². The monoisotopic (exact) mass is 226 g/mol. The van der Waals surface area contributed by atoms with Crippen LogP contribution in [0.4, 0.5) is 0 Å². The van der Waals surface area contributed by atoms with E-state index in [1.54, 1.807) is 0 Å². The Bertz CT molecular complexity index is 524. The number of hydrogen-bond donors (Lipinski definition) is 1. The number of nitrogens with zero attached hydrogens (tertiary/aromatic N) is 1. The van der Waals surface area contributed by atoms with Crippen LogP contribution in [-0.2, 0) is 0 Å². The fourth-order valence-corrected chi connectivity index (χ4v) is 2.19. The van der Waals surface area contributed by atoms with Crippen LogP contribution in [0.3, 0.4) is 0 Å². The van der Waals surface area contributed by atoms with Gasteiger partial charge in [0.05, 0.1) is 11.0 Å². The summed E-state index contributed by atoms with van der Waals surface area (Å²) in [5, 5.41) is 0.737. The summed E-state index contributed by atoms with van der Waals surface area (Å²) in [6, 6.07) is 6.09. The Morgan fingerprint density at radius 1 is 1.43 bits per heavy atom. The molecule has 4 heteroatoms. The second-order valence-corrected chi connectivity index (χ2v) is 4.38. The summed E-state index contributed by atoms with van der Waals surface area (Å²) in [4.78, 5) is 3.15. The Balaban J connectivity index is 2.86. The topological polar surface area (TPSA) is 20.7 Å². The first-order valence-electron chi connectivity index (χ1n) is 4.49. The fourth-order valence-electron chi connectivity index (χ4n) is 1.61. The molecule has 0 unspecified atom stereocenters. The summed E-state index contributed by atoms with van der Waals surface area (Å²) in [5.74, 6) is 0. The van der Waals surface area contributed by atoms with Gasteiger partial charge in [-0.3, -0.25) is 0 Å². The van der Waals surface area contributed by atoms with Crippen molar-refractivity contribution in [3.8, 4) is 0 Å². The van der Waals surface area contributed by atoms with E-state index in [9.17, 15) is 0 Å². The van der Waals surface area contributed by atoms with Crippen LogP contribution >= 0.6 is 23.8 Å². The molecule has 14 heavy (non-hydrogen) atoms. The van der Waals surface area contributed by atoms with E-state index in [0.29, 0.717) is 6.04 Å². The maximum atomic E-state index is 5.94. The van der Waals surface area contributed by atoms with E-state index >= 15 is 0 Å². The zero-order valence-corrected chi connectivity index (χ0v) is 9.62. The fraction of sp³-hybridized carbons (Fsp3) is 0.300. The molecule has 0 radical (unpaired) electrons. The number of halogens is 1. The number of H-pyrrole nitrogens is 1. The SMILES string of the molecule is CC(C)n1c(=S)[nH]c2ccc(Cl)cc21. The average Bonchev–Trinajstić information content (AvgIpc) is 2.40. The van der Waals surface area contributed by atoms with Crippen LogP contribution in [-0.4, -0.2) is 9.55 Å². The Labute approximate surface area is 92.5 Å². The van der Waals surface area contributed by atoms with Crippen molar-refractivity contribution in [2.45, 2.75) is 19.9 Å². The molecule has 1 aromatic heterocycles. The number of rotatable bonds is 1. The molecular formula is C10H11ClN2S. The largest absolute Gasteiger partial charge is 0.331 e. The van der Waals surface area contributed by atoms with Gasteiger partial charge in [-0.15, -0.1) is 0 Å². The van der Waals surface area contributed by atoms with Crippen molar-refractivity contribution in [3.05, 3.63) is 28.0 Å². The molecule has 0 aliphatic carbocycles. The summed E-state index contributed by atoms with van der Waals surface area (Å²) in [6.07, 6.45) is 0. The van der Waals surface area contributed by atoms with Crippen LogP contribution in [0.15, 0.2) is 18.2 Å². The maximum Gasteiger partial charge on any atom is 0.178 e. The molecule has 0 bridgehead atoms. The molecule has 1 heterocycles. The molecule has 0 fully saturated rings. The summed E-state index contributed by atoms with van der Waals surface area (Å²) < 4.78 is 2.81. The minimum Gasteiger partial charge on any atom is -0.331 e. The number of aromatic amines is 1. The molecule has 74 valence electrons. The minimum absolute atomic E-state index is 0.342. The van der Waals surface area contributed by atoms with Crippen molar-refractivity contribution >= 4 is 34.9 Å². The van der Waals surface area contributed by atoms with Crippen LogP contribution in [0.25, 0.3) is 11.0 Å². The first kappa shape index (κ1) is 9.74. The van der Waals surface area contributed by atoms with E-state index in [0.717, 1.165) is 20.8 Å². The molecule has 0 aliphatic rings. The Morgan fingerprint density at radius 2 is 2.14 bits per heavy atom. The third kappa shape index (κ3) is 1.47. The summed E-state index contributed by atoms with van der Waals surface area (Å²) in [5.41, 5.74) is 2.10. The average molecular weight is 227 g/mol. The molecule has 2 aromatic rings. The van der Waals surface area contributed by atoms with Gasteiger partial charge in [0.25, 0.3) is 0 Å². The van der Waals surface area contributed by atoms with Gasteiger partial charge in [0.1, 0.15) is 0 Å². The lowest BCUT2D eigenvalue weighted by Crippen LogP contribution is -1.99. The van der Waals surface area contributed by atoms with Gasteiger partial charge in [-0.1, -0.05) is 11.6 Å². The molecule has 0 amide bonds. The number of hydrogen-bond acceptors (Lipinski definition) is 1. The summed E-state index contributed by atoms with van der Waals surface area (Å²) >= 11 is 11.2. The molecule has 2 nitrogen and oxygen atoms in total. The van der Waals surface area contributed by atoms with E-state index in [2.05, 4.69) is 23.4 Å². The quantitative estimate of drug-likeness (QED) is 0.731. The Kier molecular flexibility index (Phi) is 2.37. The van der Waals surface area contributed by atoms with Gasteiger partial charge >= 0.3 is 0 Å². The van der Waals surface area contributed by atoms with Gasteiger partial charge in [-0.25, -0.2) is 0 Å². The zero-order valence-electron chi connectivity index (χ0n) is 8.04. The molecule has 0 saturated carbocycles. The number of fused-ring (bicyclic) bond motifs is 1. The highest BCUT2D eigenvalue weighted by molar-refractivity contribution is 7.71. The van der Waals surface area contributed by atoms with E-state index in [-0.39, 0.29) is 0 Å². The van der Waals surface area contributed by atoms with Crippen molar-refractivity contribution in [2.24, 2.45) is 0 Å². The summed E-state index contributed by atoms with van der Waals surface area (Å²) in [6.45, 7) is 4.20. The molecule has 1 N–H and O–H groups in total. The molecule has 0 atom stereocenters. The van der Waals surface area contributed by atoms with Crippen molar-refractivity contribution in [1.82, 2.24) is 9.55 Å². The van der Waals surface area contributed by atoms with Gasteiger partial charge < -0.3 is 9.55 Å². The molecule has 0 spiro atoms. The van der Waals surface area contributed by atoms with Crippen molar-refractivity contribution in [2.75, 3.05) is 0 Å². The van der Waals surface area contributed by atoms with E-state index < -0.39 is 0 Å². The van der Waals surface area contributed by atoms with Crippen LogP contribution < -0.4 is 0 Å². The van der Waals surface area contributed by atoms with Gasteiger partial charge in [0, 0.05) is 11.1 Å². The predicted molar refractivity (Wildman–Crippen MR) is 62.5 cm³/mol. The van der Waals surface area contributed by atoms with Gasteiger partial charge in [0.2, 0.25) is 0 Å². The Morgan fingerprint density at radius 3 is 2.79 bits per heavy atom. The normalized spacial score (nSPS) is 11.4. The van der Waals surface area contributed by atoms with Crippen molar-refractivity contribution in [1.29, 1.82) is 0 Å². The minimum atomic E-state index is 0.342. The highest BCUT2D eigenvalue weighted by Crippen LogP contribution is 2.22. The van der Waals surface area contributed by atoms with E-state index in [1.807, 2.05) is 18.2 Å². The number of aromatic nitrogens is 2. The summed E-state index contributed by atoms with van der Waals surface area (Å²) in [7, 11) is 0. The zero-order chi connectivity index (χ0) is 10.3. The third-order valence-corrected chi connectivity index (χ3v) is 2.73. The number of imidazole rings is 1. The molecule has 1 aromatic carbocycles. The van der Waals surface area contributed by atoms with Crippen LogP contribution in [0.1, 0.15) is 19.9 Å².